The molecule has 0 aliphatic rings. The average molecular weight is 313 g/mol. The standard InChI is InChI=1S/C15H21F2N3O2/c1-15(2,13(21)18-7-8-20(3)4)14(22)19-10-5-6-11(16)12(17)9-10/h5-6,9H,7-8H2,1-4H3,(H,18,21)(H,19,22). The summed E-state index contributed by atoms with van der Waals surface area (Å²) < 4.78 is 26.0. The van der Waals surface area contributed by atoms with Gasteiger partial charge in [-0.3, -0.25) is 9.59 Å². The van der Waals surface area contributed by atoms with Gasteiger partial charge >= 0.3 is 0 Å². The van der Waals surface area contributed by atoms with E-state index >= 15 is 0 Å². The third-order valence-electron chi connectivity index (χ3n) is 3.16. The Kier molecular flexibility index (Phi) is 5.99. The zero-order chi connectivity index (χ0) is 16.9. The molecule has 0 spiro atoms. The summed E-state index contributed by atoms with van der Waals surface area (Å²) >= 11 is 0. The maximum atomic E-state index is 13.1. The highest BCUT2D eigenvalue weighted by Crippen LogP contribution is 2.20. The summed E-state index contributed by atoms with van der Waals surface area (Å²) in [6, 6.07) is 3.01. The Labute approximate surface area is 128 Å². The lowest BCUT2D eigenvalue weighted by molar-refractivity contribution is -0.138. The molecule has 2 N–H and O–H groups in total. The minimum atomic E-state index is -1.34. The van der Waals surface area contributed by atoms with Crippen molar-refractivity contribution in [1.82, 2.24) is 10.2 Å². The number of hydrogen-bond acceptors (Lipinski definition) is 3. The highest BCUT2D eigenvalue weighted by atomic mass is 19.2. The summed E-state index contributed by atoms with van der Waals surface area (Å²) in [4.78, 5) is 26.1. The van der Waals surface area contributed by atoms with Gasteiger partial charge in [0.2, 0.25) is 11.8 Å². The highest BCUT2D eigenvalue weighted by molar-refractivity contribution is 6.09. The van der Waals surface area contributed by atoms with Crippen LogP contribution in [0, 0.1) is 17.0 Å². The first-order valence-electron chi connectivity index (χ1n) is 6.84. The van der Waals surface area contributed by atoms with Crippen LogP contribution in [0.4, 0.5) is 14.5 Å². The number of benzene rings is 1. The van der Waals surface area contributed by atoms with Crippen LogP contribution < -0.4 is 10.6 Å². The summed E-state index contributed by atoms with van der Waals surface area (Å²) in [7, 11) is 3.74. The van der Waals surface area contributed by atoms with E-state index in [4.69, 9.17) is 0 Å². The van der Waals surface area contributed by atoms with Crippen molar-refractivity contribution in [3.8, 4) is 0 Å². The van der Waals surface area contributed by atoms with Crippen molar-refractivity contribution in [3.05, 3.63) is 29.8 Å². The third kappa shape index (κ3) is 4.77. The van der Waals surface area contributed by atoms with Gasteiger partial charge in [0.05, 0.1) is 0 Å². The van der Waals surface area contributed by atoms with Gasteiger partial charge in [-0.25, -0.2) is 8.78 Å². The zero-order valence-corrected chi connectivity index (χ0v) is 13.2. The van der Waals surface area contributed by atoms with E-state index < -0.39 is 28.9 Å². The largest absolute Gasteiger partial charge is 0.354 e. The van der Waals surface area contributed by atoms with Crippen LogP contribution in [0.3, 0.4) is 0 Å². The fourth-order valence-electron chi connectivity index (χ4n) is 1.58. The SMILES string of the molecule is CN(C)CCNC(=O)C(C)(C)C(=O)Nc1ccc(F)c(F)c1. The van der Waals surface area contributed by atoms with E-state index in [9.17, 15) is 18.4 Å². The maximum Gasteiger partial charge on any atom is 0.239 e. The Morgan fingerprint density at radius 3 is 2.32 bits per heavy atom. The second-order valence-corrected chi connectivity index (χ2v) is 5.77. The number of nitrogens with one attached hydrogen (secondary N) is 2. The number of hydrogen-bond donors (Lipinski definition) is 2. The molecular weight excluding hydrogens is 292 g/mol. The minimum Gasteiger partial charge on any atom is -0.354 e. The molecule has 0 saturated carbocycles. The Balaban J connectivity index is 2.68. The van der Waals surface area contributed by atoms with E-state index in [1.165, 1.54) is 19.9 Å². The van der Waals surface area contributed by atoms with Crippen LogP contribution in [-0.2, 0) is 9.59 Å². The molecule has 0 bridgehead atoms. The molecule has 0 fully saturated rings. The minimum absolute atomic E-state index is 0.0954. The topological polar surface area (TPSA) is 61.4 Å². The molecule has 2 amide bonds. The molecular formula is C15H21F2N3O2. The Hall–Kier alpha value is -2.02. The monoisotopic (exact) mass is 313 g/mol. The number of carbonyl (C=O) groups is 2. The maximum absolute atomic E-state index is 13.1. The first kappa shape index (κ1) is 18.0. The third-order valence-corrected chi connectivity index (χ3v) is 3.16. The molecule has 122 valence electrons. The second-order valence-electron chi connectivity index (χ2n) is 5.77. The van der Waals surface area contributed by atoms with Crippen LogP contribution in [0.25, 0.3) is 0 Å². The Morgan fingerprint density at radius 2 is 1.77 bits per heavy atom. The predicted octanol–water partition coefficient (Wildman–Crippen LogP) is 1.61. The summed E-state index contributed by atoms with van der Waals surface area (Å²) in [5, 5.41) is 5.08. The van der Waals surface area contributed by atoms with Crippen molar-refractivity contribution < 1.29 is 18.4 Å². The van der Waals surface area contributed by atoms with Crippen LogP contribution in [0.1, 0.15) is 13.8 Å². The van der Waals surface area contributed by atoms with Gasteiger partial charge in [0.15, 0.2) is 11.6 Å². The number of amides is 2. The van der Waals surface area contributed by atoms with Crippen LogP contribution >= 0.6 is 0 Å². The highest BCUT2D eigenvalue weighted by Gasteiger charge is 2.35. The van der Waals surface area contributed by atoms with E-state index in [2.05, 4.69) is 10.6 Å². The lowest BCUT2D eigenvalue weighted by Crippen LogP contribution is -2.46. The quantitative estimate of drug-likeness (QED) is 0.784. The Morgan fingerprint density at radius 1 is 1.14 bits per heavy atom. The molecule has 0 saturated heterocycles. The first-order valence-corrected chi connectivity index (χ1v) is 6.84. The fraction of sp³-hybridized carbons (Fsp3) is 0.467. The Bertz CT molecular complexity index is 560. The lowest BCUT2D eigenvalue weighted by Gasteiger charge is -2.23. The number of carbonyl (C=O) groups excluding carboxylic acids is 2. The molecule has 22 heavy (non-hydrogen) atoms. The van der Waals surface area contributed by atoms with Crippen molar-refractivity contribution in [1.29, 1.82) is 0 Å². The summed E-state index contributed by atoms with van der Waals surface area (Å²) in [6.07, 6.45) is 0. The van der Waals surface area contributed by atoms with Crippen LogP contribution in [0.15, 0.2) is 18.2 Å². The summed E-state index contributed by atoms with van der Waals surface area (Å²) in [5.74, 6) is -3.10. The molecule has 0 aromatic heterocycles. The van der Waals surface area contributed by atoms with Crippen molar-refractivity contribution in [3.63, 3.8) is 0 Å². The van der Waals surface area contributed by atoms with Crippen LogP contribution in [0.5, 0.6) is 0 Å². The van der Waals surface area contributed by atoms with Gasteiger partial charge in [0.1, 0.15) is 5.41 Å². The molecule has 7 heteroatoms. The van der Waals surface area contributed by atoms with Crippen molar-refractivity contribution in [2.24, 2.45) is 5.41 Å². The molecule has 0 aliphatic carbocycles. The predicted molar refractivity (Wildman–Crippen MR) is 80.3 cm³/mol. The van der Waals surface area contributed by atoms with Gasteiger partial charge in [-0.2, -0.15) is 0 Å². The zero-order valence-electron chi connectivity index (χ0n) is 13.2. The van der Waals surface area contributed by atoms with Gasteiger partial charge in [0.25, 0.3) is 0 Å². The average Bonchev–Trinajstić information content (AvgIpc) is 2.42. The molecule has 1 aromatic rings. The molecule has 0 heterocycles. The summed E-state index contributed by atoms with van der Waals surface area (Å²) in [6.45, 7) is 3.99. The van der Waals surface area contributed by atoms with Crippen molar-refractivity contribution in [2.75, 3.05) is 32.5 Å². The van der Waals surface area contributed by atoms with Gasteiger partial charge in [-0.15, -0.1) is 0 Å². The van der Waals surface area contributed by atoms with Crippen molar-refractivity contribution >= 4 is 17.5 Å². The molecule has 0 atom stereocenters. The van der Waals surface area contributed by atoms with Crippen molar-refractivity contribution in [2.45, 2.75) is 13.8 Å². The van der Waals surface area contributed by atoms with E-state index in [-0.39, 0.29) is 5.69 Å². The van der Waals surface area contributed by atoms with Crippen LogP contribution in [-0.4, -0.2) is 43.9 Å². The molecule has 0 radical (unpaired) electrons. The number of likely N-dealkylation sites (N-methyl/N-ethyl adjacent to an activating group) is 1. The molecule has 0 aliphatic heterocycles. The molecule has 0 unspecified atom stereocenters. The normalized spacial score (nSPS) is 11.4. The fourth-order valence-corrected chi connectivity index (χ4v) is 1.58. The number of halogens is 2. The van der Waals surface area contributed by atoms with Gasteiger partial charge < -0.3 is 15.5 Å². The molecule has 5 nitrogen and oxygen atoms in total. The lowest BCUT2D eigenvalue weighted by atomic mass is 9.91. The smallest absolute Gasteiger partial charge is 0.239 e. The number of rotatable bonds is 6. The number of anilines is 1. The van der Waals surface area contributed by atoms with E-state index in [0.717, 1.165) is 12.1 Å². The van der Waals surface area contributed by atoms with E-state index in [1.807, 2.05) is 19.0 Å². The van der Waals surface area contributed by atoms with Gasteiger partial charge in [-0.1, -0.05) is 0 Å². The van der Waals surface area contributed by atoms with Gasteiger partial charge in [0, 0.05) is 24.8 Å². The van der Waals surface area contributed by atoms with Crippen LogP contribution in [0.2, 0.25) is 0 Å². The van der Waals surface area contributed by atoms with E-state index in [0.29, 0.717) is 13.1 Å². The number of nitrogens with zero attached hydrogens (tertiary/aromatic N) is 1. The summed E-state index contributed by atoms with van der Waals surface area (Å²) in [5.41, 5.74) is -1.24. The van der Waals surface area contributed by atoms with E-state index in [1.54, 1.807) is 0 Å². The molecule has 1 aromatic carbocycles. The second kappa shape index (κ2) is 7.31. The molecule has 1 rings (SSSR count). The van der Waals surface area contributed by atoms with Gasteiger partial charge in [-0.05, 0) is 40.1 Å². The first-order chi connectivity index (χ1) is 10.1.